The van der Waals surface area contributed by atoms with Gasteiger partial charge in [-0.1, -0.05) is 11.3 Å². The second kappa shape index (κ2) is 7.11. The third-order valence-electron chi connectivity index (χ3n) is 4.55. The van der Waals surface area contributed by atoms with Crippen LogP contribution >= 0.6 is 0 Å². The molecule has 6 nitrogen and oxygen atoms in total. The molecule has 0 N–H and O–H groups in total. The van der Waals surface area contributed by atoms with E-state index in [2.05, 4.69) is 27.3 Å². The molecule has 27 heavy (non-hydrogen) atoms. The third-order valence-corrected chi connectivity index (χ3v) is 4.55. The molecule has 3 aromatic heterocycles. The van der Waals surface area contributed by atoms with Crippen molar-refractivity contribution < 1.29 is 4.39 Å². The van der Waals surface area contributed by atoms with Crippen molar-refractivity contribution in [1.29, 1.82) is 0 Å². The average Bonchev–Trinajstić information content (AvgIpc) is 3.35. The largest absolute Gasteiger partial charge is 0.261 e. The zero-order chi connectivity index (χ0) is 18.8. The van der Waals surface area contributed by atoms with E-state index in [9.17, 15) is 4.39 Å². The summed E-state index contributed by atoms with van der Waals surface area (Å²) in [5.74, 6) is -0.326. The van der Waals surface area contributed by atoms with Crippen LogP contribution in [0.4, 0.5) is 4.39 Å². The van der Waals surface area contributed by atoms with Crippen LogP contribution in [0.25, 0.3) is 16.9 Å². The molecule has 0 unspecified atom stereocenters. The fraction of sp³-hybridized carbons (Fsp3) is 0.200. The Balaban J connectivity index is 1.65. The first kappa shape index (κ1) is 17.1. The lowest BCUT2D eigenvalue weighted by Crippen LogP contribution is -2.10. The Bertz CT molecular complexity index is 1050. The summed E-state index contributed by atoms with van der Waals surface area (Å²) >= 11 is 0. The van der Waals surface area contributed by atoms with Gasteiger partial charge in [-0.2, -0.15) is 5.10 Å². The van der Waals surface area contributed by atoms with Crippen molar-refractivity contribution in [2.75, 3.05) is 0 Å². The summed E-state index contributed by atoms with van der Waals surface area (Å²) in [6, 6.07) is 10.4. The highest BCUT2D eigenvalue weighted by Crippen LogP contribution is 2.26. The normalized spacial score (nSPS) is 12.3. The van der Waals surface area contributed by atoms with Crippen LogP contribution in [0, 0.1) is 12.7 Å². The molecule has 4 rings (SSSR count). The van der Waals surface area contributed by atoms with E-state index in [1.165, 1.54) is 12.1 Å². The van der Waals surface area contributed by atoms with Crippen LogP contribution in [0.1, 0.15) is 24.2 Å². The van der Waals surface area contributed by atoms with Gasteiger partial charge in [0.2, 0.25) is 0 Å². The summed E-state index contributed by atoms with van der Waals surface area (Å²) in [5, 5.41) is 12.8. The summed E-state index contributed by atoms with van der Waals surface area (Å²) in [6.07, 6.45) is 7.87. The predicted octanol–water partition coefficient (Wildman–Crippen LogP) is 3.78. The molecular formula is C20H19FN6. The molecule has 0 aliphatic heterocycles. The topological polar surface area (TPSA) is 61.4 Å². The summed E-state index contributed by atoms with van der Waals surface area (Å²) in [7, 11) is 0. The standard InChI is InChI=1S/C20H19FN6/c1-14-5-3-8-22-18(14)11-15(2)27-13-19(24-25-27)17-12-16(21)6-7-20(17)26-10-4-9-23-26/h3-10,12-13,15H,11H2,1-2H3/t15-/m0/s1. The fourth-order valence-corrected chi connectivity index (χ4v) is 3.05. The Morgan fingerprint density at radius 2 is 2.04 bits per heavy atom. The van der Waals surface area contributed by atoms with Gasteiger partial charge >= 0.3 is 0 Å². The minimum absolute atomic E-state index is 0.0709. The molecule has 0 spiro atoms. The van der Waals surface area contributed by atoms with Crippen molar-refractivity contribution in [1.82, 2.24) is 29.8 Å². The Hall–Kier alpha value is -3.35. The number of rotatable bonds is 5. The van der Waals surface area contributed by atoms with E-state index in [0.717, 1.165) is 23.4 Å². The van der Waals surface area contributed by atoms with Crippen LogP contribution in [0.3, 0.4) is 0 Å². The minimum atomic E-state index is -0.326. The third kappa shape index (κ3) is 3.48. The molecular weight excluding hydrogens is 343 g/mol. The number of pyridine rings is 1. The van der Waals surface area contributed by atoms with Gasteiger partial charge in [-0.25, -0.2) is 13.8 Å². The van der Waals surface area contributed by atoms with Gasteiger partial charge in [-0.15, -0.1) is 5.10 Å². The maximum Gasteiger partial charge on any atom is 0.124 e. The Kier molecular flexibility index (Phi) is 4.50. The van der Waals surface area contributed by atoms with E-state index in [-0.39, 0.29) is 11.9 Å². The van der Waals surface area contributed by atoms with Gasteiger partial charge in [-0.3, -0.25) is 4.98 Å². The Morgan fingerprint density at radius 3 is 2.81 bits per heavy atom. The van der Waals surface area contributed by atoms with E-state index in [0.29, 0.717) is 11.3 Å². The van der Waals surface area contributed by atoms with E-state index >= 15 is 0 Å². The summed E-state index contributed by atoms with van der Waals surface area (Å²) in [6.45, 7) is 4.11. The van der Waals surface area contributed by atoms with E-state index in [4.69, 9.17) is 0 Å². The van der Waals surface area contributed by atoms with Crippen LogP contribution in [0.15, 0.2) is 61.2 Å². The van der Waals surface area contributed by atoms with Gasteiger partial charge in [0, 0.05) is 36.3 Å². The number of hydrogen-bond acceptors (Lipinski definition) is 4. The number of aryl methyl sites for hydroxylation is 1. The molecule has 4 aromatic rings. The smallest absolute Gasteiger partial charge is 0.124 e. The molecule has 7 heteroatoms. The number of aromatic nitrogens is 6. The number of nitrogens with zero attached hydrogens (tertiary/aromatic N) is 6. The molecule has 3 heterocycles. The van der Waals surface area contributed by atoms with Crippen LogP contribution in [-0.4, -0.2) is 29.8 Å². The summed E-state index contributed by atoms with van der Waals surface area (Å²) in [4.78, 5) is 4.45. The van der Waals surface area contributed by atoms with Crippen LogP contribution in [0.2, 0.25) is 0 Å². The van der Waals surface area contributed by atoms with Gasteiger partial charge < -0.3 is 0 Å². The molecule has 136 valence electrons. The highest BCUT2D eigenvalue weighted by atomic mass is 19.1. The number of halogens is 1. The quantitative estimate of drug-likeness (QED) is 0.542. The zero-order valence-corrected chi connectivity index (χ0v) is 15.1. The lowest BCUT2D eigenvalue weighted by Gasteiger charge is -2.12. The van der Waals surface area contributed by atoms with Gasteiger partial charge in [0.15, 0.2) is 0 Å². The maximum atomic E-state index is 13.9. The van der Waals surface area contributed by atoms with Gasteiger partial charge in [0.05, 0.1) is 17.9 Å². The molecule has 1 aromatic carbocycles. The predicted molar refractivity (Wildman–Crippen MR) is 99.9 cm³/mol. The van der Waals surface area contributed by atoms with E-state index < -0.39 is 0 Å². The molecule has 0 saturated carbocycles. The second-order valence-electron chi connectivity index (χ2n) is 6.52. The zero-order valence-electron chi connectivity index (χ0n) is 15.1. The molecule has 0 fully saturated rings. The van der Waals surface area contributed by atoms with Crippen molar-refractivity contribution >= 4 is 0 Å². The average molecular weight is 362 g/mol. The highest BCUT2D eigenvalue weighted by molar-refractivity contribution is 5.69. The monoisotopic (exact) mass is 362 g/mol. The number of benzene rings is 1. The first-order valence-electron chi connectivity index (χ1n) is 8.74. The van der Waals surface area contributed by atoms with Crippen LogP contribution in [0.5, 0.6) is 0 Å². The fourth-order valence-electron chi connectivity index (χ4n) is 3.05. The molecule has 0 amide bonds. The van der Waals surface area contributed by atoms with Gasteiger partial charge in [-0.05, 0) is 49.7 Å². The minimum Gasteiger partial charge on any atom is -0.261 e. The lowest BCUT2D eigenvalue weighted by atomic mass is 10.1. The second-order valence-corrected chi connectivity index (χ2v) is 6.52. The highest BCUT2D eigenvalue weighted by Gasteiger charge is 2.16. The van der Waals surface area contributed by atoms with Crippen molar-refractivity contribution in [2.24, 2.45) is 0 Å². The molecule has 0 bridgehead atoms. The lowest BCUT2D eigenvalue weighted by molar-refractivity contribution is 0.469. The van der Waals surface area contributed by atoms with Crippen LogP contribution in [-0.2, 0) is 6.42 Å². The molecule has 1 atom stereocenters. The van der Waals surface area contributed by atoms with Gasteiger partial charge in [0.1, 0.15) is 11.5 Å². The molecule has 0 aliphatic rings. The Labute approximate surface area is 156 Å². The van der Waals surface area contributed by atoms with Crippen LogP contribution < -0.4 is 0 Å². The van der Waals surface area contributed by atoms with Crippen molar-refractivity contribution in [3.8, 4) is 16.9 Å². The summed E-state index contributed by atoms with van der Waals surface area (Å²) < 4.78 is 17.4. The van der Waals surface area contributed by atoms with Gasteiger partial charge in [0.25, 0.3) is 0 Å². The SMILES string of the molecule is Cc1cccnc1C[C@H](C)n1cc(-c2cc(F)ccc2-n2cccn2)nn1. The van der Waals surface area contributed by atoms with E-state index in [1.807, 2.05) is 37.5 Å². The Morgan fingerprint density at radius 1 is 1.15 bits per heavy atom. The first-order chi connectivity index (χ1) is 13.1. The molecule has 0 aliphatic carbocycles. The van der Waals surface area contributed by atoms with E-state index in [1.54, 1.807) is 27.8 Å². The summed E-state index contributed by atoms with van der Waals surface area (Å²) in [5.41, 5.74) is 4.18. The maximum absolute atomic E-state index is 13.9. The first-order valence-corrected chi connectivity index (χ1v) is 8.74. The van der Waals surface area contributed by atoms with Crippen molar-refractivity contribution in [3.63, 3.8) is 0 Å². The molecule has 0 radical (unpaired) electrons. The van der Waals surface area contributed by atoms with Crippen molar-refractivity contribution in [3.05, 3.63) is 78.3 Å². The molecule has 0 saturated heterocycles. The number of hydrogen-bond donors (Lipinski definition) is 0. The van der Waals surface area contributed by atoms with Crippen molar-refractivity contribution in [2.45, 2.75) is 26.3 Å².